The topological polar surface area (TPSA) is 41.1 Å². The normalized spacial score (nSPS) is 17.1. The summed E-state index contributed by atoms with van der Waals surface area (Å²) in [5.74, 6) is -0.185. The number of nitrogens with one attached hydrogen (secondary N) is 2. The number of benzene rings is 1. The quantitative estimate of drug-likeness (QED) is 0.848. The van der Waals surface area contributed by atoms with E-state index in [1.807, 2.05) is 35.6 Å². The van der Waals surface area contributed by atoms with Crippen molar-refractivity contribution in [2.75, 3.05) is 13.1 Å². The molecule has 1 saturated carbocycles. The van der Waals surface area contributed by atoms with E-state index in [4.69, 9.17) is 0 Å². The molecule has 1 aromatic rings. The number of rotatable bonds is 6. The van der Waals surface area contributed by atoms with Gasteiger partial charge in [0, 0.05) is 6.04 Å². The van der Waals surface area contributed by atoms with Crippen LogP contribution >= 0.6 is 0 Å². The zero-order valence-corrected chi connectivity index (χ0v) is 11.6. The zero-order valence-electron chi connectivity index (χ0n) is 11.6. The smallest absolute Gasteiger partial charge is 0.346 e. The van der Waals surface area contributed by atoms with Crippen molar-refractivity contribution in [1.29, 1.82) is 0 Å². The van der Waals surface area contributed by atoms with Crippen molar-refractivity contribution in [3.05, 3.63) is 35.9 Å². The summed E-state index contributed by atoms with van der Waals surface area (Å²) < 4.78 is 36.1. The van der Waals surface area contributed by atoms with Crippen molar-refractivity contribution in [3.8, 4) is 0 Å². The summed E-state index contributed by atoms with van der Waals surface area (Å²) in [6.07, 6.45) is -1.05. The van der Waals surface area contributed by atoms with Crippen LogP contribution in [0.25, 0.3) is 0 Å². The van der Waals surface area contributed by atoms with E-state index in [1.165, 1.54) is 0 Å². The van der Waals surface area contributed by atoms with Crippen LogP contribution in [0.3, 0.4) is 0 Å². The Labute approximate surface area is 121 Å². The van der Waals surface area contributed by atoms with Gasteiger partial charge in [-0.1, -0.05) is 36.8 Å². The van der Waals surface area contributed by atoms with Crippen molar-refractivity contribution < 1.29 is 18.0 Å². The van der Waals surface area contributed by atoms with Crippen LogP contribution in [0.4, 0.5) is 13.2 Å². The van der Waals surface area contributed by atoms with E-state index < -0.39 is 18.6 Å². The van der Waals surface area contributed by atoms with E-state index in [0.717, 1.165) is 24.8 Å². The Morgan fingerprint density at radius 1 is 1.24 bits per heavy atom. The highest BCUT2D eigenvalue weighted by molar-refractivity contribution is 5.78. The molecule has 21 heavy (non-hydrogen) atoms. The summed E-state index contributed by atoms with van der Waals surface area (Å²) in [5, 5.41) is 4.97. The molecule has 1 aromatic carbocycles. The maximum Gasteiger partial charge on any atom is 0.405 e. The summed E-state index contributed by atoms with van der Waals surface area (Å²) >= 11 is 0. The van der Waals surface area contributed by atoms with E-state index >= 15 is 0 Å². The summed E-state index contributed by atoms with van der Waals surface area (Å²) in [6, 6.07) is 9.74. The van der Waals surface area contributed by atoms with Crippen molar-refractivity contribution in [2.24, 2.45) is 5.92 Å². The molecule has 0 saturated heterocycles. The molecule has 1 unspecified atom stereocenters. The lowest BCUT2D eigenvalue weighted by molar-refractivity contribution is -0.138. The molecule has 2 rings (SSSR count). The van der Waals surface area contributed by atoms with Crippen molar-refractivity contribution in [2.45, 2.75) is 31.5 Å². The van der Waals surface area contributed by atoms with Gasteiger partial charge in [-0.15, -0.1) is 0 Å². The zero-order chi connectivity index (χ0) is 15.3. The Morgan fingerprint density at radius 3 is 2.43 bits per heavy atom. The average Bonchev–Trinajstić information content (AvgIpc) is 2.39. The number of halogens is 3. The molecule has 6 heteroatoms. The van der Waals surface area contributed by atoms with Gasteiger partial charge in [0.1, 0.15) is 6.54 Å². The number of carbonyl (C=O) groups is 1. The fourth-order valence-electron chi connectivity index (χ4n) is 2.45. The molecule has 0 aromatic heterocycles. The van der Waals surface area contributed by atoms with Gasteiger partial charge >= 0.3 is 6.18 Å². The molecular formula is C15H19F3N2O. The van der Waals surface area contributed by atoms with Crippen molar-refractivity contribution in [3.63, 3.8) is 0 Å². The van der Waals surface area contributed by atoms with Gasteiger partial charge in [-0.3, -0.25) is 4.79 Å². The highest BCUT2D eigenvalue weighted by Gasteiger charge is 2.30. The predicted octanol–water partition coefficient (Wildman–Crippen LogP) is 2.80. The lowest BCUT2D eigenvalue weighted by Crippen LogP contribution is -2.42. The molecule has 0 radical (unpaired) electrons. The van der Waals surface area contributed by atoms with E-state index in [9.17, 15) is 18.0 Å². The van der Waals surface area contributed by atoms with Crippen LogP contribution in [-0.2, 0) is 4.79 Å². The Bertz CT molecular complexity index is 458. The van der Waals surface area contributed by atoms with Crippen LogP contribution in [0.2, 0.25) is 0 Å². The third-order valence-electron chi connectivity index (χ3n) is 3.75. The molecule has 1 aliphatic rings. The van der Waals surface area contributed by atoms with Crippen LogP contribution in [0.1, 0.15) is 30.9 Å². The molecule has 3 nitrogen and oxygen atoms in total. The Balaban J connectivity index is 1.87. The van der Waals surface area contributed by atoms with Gasteiger partial charge in [0.15, 0.2) is 0 Å². The second-order valence-electron chi connectivity index (χ2n) is 5.35. The highest BCUT2D eigenvalue weighted by Crippen LogP contribution is 2.37. The van der Waals surface area contributed by atoms with Crippen LogP contribution in [0, 0.1) is 5.92 Å². The molecule has 0 aliphatic heterocycles. The van der Waals surface area contributed by atoms with Gasteiger partial charge in [-0.05, 0) is 24.3 Å². The van der Waals surface area contributed by atoms with Crippen LogP contribution in [-0.4, -0.2) is 25.2 Å². The summed E-state index contributed by atoms with van der Waals surface area (Å²) in [6.45, 7) is -1.39. The Morgan fingerprint density at radius 2 is 1.90 bits per heavy atom. The summed E-state index contributed by atoms with van der Waals surface area (Å²) in [4.78, 5) is 11.5. The van der Waals surface area contributed by atoms with E-state index in [0.29, 0.717) is 5.92 Å². The minimum atomic E-state index is -4.37. The van der Waals surface area contributed by atoms with Crippen LogP contribution < -0.4 is 10.6 Å². The first kappa shape index (κ1) is 15.8. The molecule has 1 atom stereocenters. The average molecular weight is 300 g/mol. The molecular weight excluding hydrogens is 281 g/mol. The first-order valence-corrected chi connectivity index (χ1v) is 7.07. The number of alkyl halides is 3. The fourth-order valence-corrected chi connectivity index (χ4v) is 2.45. The van der Waals surface area contributed by atoms with Crippen LogP contribution in [0.15, 0.2) is 30.3 Å². The van der Waals surface area contributed by atoms with Gasteiger partial charge in [-0.25, -0.2) is 0 Å². The summed E-state index contributed by atoms with van der Waals surface area (Å²) in [7, 11) is 0. The van der Waals surface area contributed by atoms with E-state index in [-0.39, 0.29) is 12.6 Å². The van der Waals surface area contributed by atoms with Gasteiger partial charge in [0.25, 0.3) is 0 Å². The molecule has 1 amide bonds. The Kier molecular flexibility index (Phi) is 5.22. The first-order valence-electron chi connectivity index (χ1n) is 7.07. The highest BCUT2D eigenvalue weighted by atomic mass is 19.4. The lowest BCUT2D eigenvalue weighted by Gasteiger charge is -2.34. The second kappa shape index (κ2) is 6.93. The van der Waals surface area contributed by atoms with Gasteiger partial charge in [-0.2, -0.15) is 13.2 Å². The van der Waals surface area contributed by atoms with Crippen molar-refractivity contribution in [1.82, 2.24) is 10.6 Å². The molecule has 0 spiro atoms. The molecule has 116 valence electrons. The second-order valence-corrected chi connectivity index (χ2v) is 5.35. The monoisotopic (exact) mass is 300 g/mol. The molecule has 2 N–H and O–H groups in total. The largest absolute Gasteiger partial charge is 0.405 e. The third-order valence-corrected chi connectivity index (χ3v) is 3.75. The first-order chi connectivity index (χ1) is 9.96. The van der Waals surface area contributed by atoms with E-state index in [2.05, 4.69) is 5.32 Å². The maximum absolute atomic E-state index is 12.0. The molecule has 1 aliphatic carbocycles. The third kappa shape index (κ3) is 5.04. The predicted molar refractivity (Wildman–Crippen MR) is 73.6 cm³/mol. The van der Waals surface area contributed by atoms with Crippen LogP contribution in [0.5, 0.6) is 0 Å². The number of carbonyl (C=O) groups excluding carboxylic acids is 1. The molecule has 0 heterocycles. The van der Waals surface area contributed by atoms with Gasteiger partial charge in [0.05, 0.1) is 6.54 Å². The molecule has 1 fully saturated rings. The minimum Gasteiger partial charge on any atom is -0.346 e. The number of amides is 1. The summed E-state index contributed by atoms with van der Waals surface area (Å²) in [5.41, 5.74) is 1.07. The van der Waals surface area contributed by atoms with Gasteiger partial charge in [0.2, 0.25) is 5.91 Å². The van der Waals surface area contributed by atoms with E-state index in [1.54, 1.807) is 0 Å². The number of hydrogen-bond donors (Lipinski definition) is 2. The van der Waals surface area contributed by atoms with Crippen molar-refractivity contribution >= 4 is 5.91 Å². The Hall–Kier alpha value is -1.56. The standard InChI is InChI=1S/C15H19F3N2O/c16-15(17,18)10-20-13(21)9-19-14(12-7-4-8-12)11-5-2-1-3-6-11/h1-3,5-6,12,14,19H,4,7-10H2,(H,20,21). The van der Waals surface area contributed by atoms with Gasteiger partial charge < -0.3 is 10.6 Å². The maximum atomic E-state index is 12.0. The number of hydrogen-bond acceptors (Lipinski definition) is 2. The minimum absolute atomic E-state index is 0.0246. The fraction of sp³-hybridized carbons (Fsp3) is 0.533. The SMILES string of the molecule is O=C(CNC(c1ccccc1)C1CCC1)NCC(F)(F)F. The lowest BCUT2D eigenvalue weighted by atomic mass is 9.77. The molecule has 0 bridgehead atoms.